The van der Waals surface area contributed by atoms with E-state index in [2.05, 4.69) is 14.2 Å². The van der Waals surface area contributed by atoms with Gasteiger partial charge in [-0.15, -0.1) is 0 Å². The lowest BCUT2D eigenvalue weighted by Gasteiger charge is -2.29. The SMILES string of the molecule is O=C(OC([Si])(OC(=O)C(F)(F)F)OC(=O)C(F)(F)F)C(F)(F)F. The van der Waals surface area contributed by atoms with Gasteiger partial charge in [0.15, 0.2) is 0 Å². The maximum absolute atomic E-state index is 11.9. The summed E-state index contributed by atoms with van der Waals surface area (Å²) in [5.41, 5.74) is -4.47. The summed E-state index contributed by atoms with van der Waals surface area (Å²) in [5.74, 6) is -10.3. The first-order valence-electron chi connectivity index (χ1n) is 4.54. The molecule has 0 rings (SSSR count). The molecule has 0 fully saturated rings. The van der Waals surface area contributed by atoms with E-state index >= 15 is 0 Å². The van der Waals surface area contributed by atoms with Crippen molar-refractivity contribution in [3.8, 4) is 0 Å². The molecule has 0 amide bonds. The first-order chi connectivity index (χ1) is 9.88. The van der Waals surface area contributed by atoms with Crippen LogP contribution in [0.15, 0.2) is 0 Å². The van der Waals surface area contributed by atoms with Crippen LogP contribution in [0.2, 0.25) is 0 Å². The smallest absolute Gasteiger partial charge is 0.387 e. The van der Waals surface area contributed by atoms with Crippen molar-refractivity contribution in [2.45, 2.75) is 24.1 Å². The van der Waals surface area contributed by atoms with Gasteiger partial charge in [-0.25, -0.2) is 14.4 Å². The monoisotopic (exact) mass is 379 g/mol. The minimum Gasteiger partial charge on any atom is -0.387 e. The number of carbonyl (C=O) groups excluding carboxylic acids is 3. The molecule has 0 aromatic heterocycles. The van der Waals surface area contributed by atoms with Crippen molar-refractivity contribution in [1.29, 1.82) is 0 Å². The van der Waals surface area contributed by atoms with E-state index in [0.717, 1.165) is 0 Å². The molecule has 0 aromatic rings. The Balaban J connectivity index is 5.48. The Morgan fingerprint density at radius 3 is 0.870 bits per heavy atom. The van der Waals surface area contributed by atoms with Crippen LogP contribution in [0.5, 0.6) is 0 Å². The van der Waals surface area contributed by atoms with Gasteiger partial charge in [0.1, 0.15) is 0 Å². The predicted octanol–water partition coefficient (Wildman–Crippen LogP) is 1.08. The molecule has 23 heavy (non-hydrogen) atoms. The number of rotatable bonds is 3. The number of ether oxygens (including phenoxy) is 3. The first kappa shape index (κ1) is 21.0. The van der Waals surface area contributed by atoms with E-state index in [4.69, 9.17) is 0 Å². The molecule has 3 radical (unpaired) electrons. The fourth-order valence-electron chi connectivity index (χ4n) is 0.602. The highest BCUT2D eigenvalue weighted by molar-refractivity contribution is 6.14. The molecule has 0 atom stereocenters. The number of carbonyl (C=O) groups is 3. The second-order valence-electron chi connectivity index (χ2n) is 3.22. The Kier molecular flexibility index (Phi) is 5.70. The van der Waals surface area contributed by atoms with Crippen molar-refractivity contribution in [1.82, 2.24) is 0 Å². The summed E-state index contributed by atoms with van der Waals surface area (Å²) in [5, 5.41) is 0. The maximum Gasteiger partial charge on any atom is 0.491 e. The van der Waals surface area contributed by atoms with Crippen molar-refractivity contribution < 1.29 is 68.1 Å². The van der Waals surface area contributed by atoms with Crippen molar-refractivity contribution in [2.75, 3.05) is 0 Å². The van der Waals surface area contributed by atoms with Crippen LogP contribution >= 0.6 is 0 Å². The highest BCUT2D eigenvalue weighted by Crippen LogP contribution is 2.27. The molecule has 0 heterocycles. The van der Waals surface area contributed by atoms with Gasteiger partial charge in [-0.2, -0.15) is 39.5 Å². The third-order valence-corrected chi connectivity index (χ3v) is 1.68. The number of alkyl halides is 9. The molecule has 0 spiro atoms. The molecular weight excluding hydrogens is 379 g/mol. The second kappa shape index (κ2) is 6.24. The topological polar surface area (TPSA) is 78.9 Å². The van der Waals surface area contributed by atoms with Crippen LogP contribution in [-0.4, -0.2) is 52.3 Å². The third kappa shape index (κ3) is 6.74. The van der Waals surface area contributed by atoms with Gasteiger partial charge in [0.05, 0.1) is 0 Å². The lowest BCUT2D eigenvalue weighted by atomic mass is 10.6. The van der Waals surface area contributed by atoms with Gasteiger partial charge in [-0.1, -0.05) is 0 Å². The molecule has 0 bridgehead atoms. The number of halogens is 9. The Bertz CT molecular complexity index is 423. The molecule has 0 saturated carbocycles. The number of hydrogen-bond acceptors (Lipinski definition) is 6. The molecule has 0 aliphatic heterocycles. The zero-order valence-electron chi connectivity index (χ0n) is 9.85. The normalized spacial score (nSPS) is 13.3. The molecule has 0 aromatic carbocycles. The van der Waals surface area contributed by atoms with Crippen LogP contribution in [-0.2, 0) is 28.6 Å². The van der Waals surface area contributed by atoms with E-state index in [1.807, 2.05) is 0 Å². The van der Waals surface area contributed by atoms with Crippen LogP contribution in [0.3, 0.4) is 0 Å². The summed E-state index contributed by atoms with van der Waals surface area (Å²) < 4.78 is 116. The predicted molar refractivity (Wildman–Crippen MR) is 44.9 cm³/mol. The fraction of sp³-hybridized carbons (Fsp3) is 0.571. The summed E-state index contributed by atoms with van der Waals surface area (Å²) in [6.07, 6.45) is -17.8. The van der Waals surface area contributed by atoms with Crippen LogP contribution in [0.25, 0.3) is 0 Å². The van der Waals surface area contributed by atoms with Gasteiger partial charge in [0.2, 0.25) is 10.2 Å². The molecule has 0 aliphatic rings. The van der Waals surface area contributed by atoms with Gasteiger partial charge in [-0.3, -0.25) is 0 Å². The first-order valence-corrected chi connectivity index (χ1v) is 5.04. The van der Waals surface area contributed by atoms with Crippen molar-refractivity contribution in [2.24, 2.45) is 0 Å². The van der Waals surface area contributed by atoms with Crippen LogP contribution in [0.1, 0.15) is 0 Å². The largest absolute Gasteiger partial charge is 0.491 e. The lowest BCUT2D eigenvalue weighted by Crippen LogP contribution is -2.51. The Morgan fingerprint density at radius 2 is 0.739 bits per heavy atom. The zero-order chi connectivity index (χ0) is 18.9. The van der Waals surface area contributed by atoms with Crippen LogP contribution < -0.4 is 0 Å². The maximum atomic E-state index is 11.9. The van der Waals surface area contributed by atoms with Crippen LogP contribution in [0.4, 0.5) is 39.5 Å². The van der Waals surface area contributed by atoms with Gasteiger partial charge < -0.3 is 14.2 Å². The third-order valence-electron chi connectivity index (χ3n) is 1.38. The molecular formula is C7F9O6Si. The van der Waals surface area contributed by atoms with E-state index in [-0.39, 0.29) is 0 Å². The second-order valence-corrected chi connectivity index (χ2v) is 3.83. The van der Waals surface area contributed by atoms with Gasteiger partial charge in [-0.05, 0) is 0 Å². The van der Waals surface area contributed by atoms with Gasteiger partial charge in [0.25, 0.3) is 0 Å². The average Bonchev–Trinajstić information content (AvgIpc) is 2.23. The molecule has 0 saturated heterocycles. The van der Waals surface area contributed by atoms with E-state index in [1.54, 1.807) is 0 Å². The fourth-order valence-corrected chi connectivity index (χ4v) is 0.880. The average molecular weight is 379 g/mol. The highest BCUT2D eigenvalue weighted by atomic mass is 28.1. The Hall–Kier alpha value is -2.00. The van der Waals surface area contributed by atoms with Crippen molar-refractivity contribution in [3.05, 3.63) is 0 Å². The van der Waals surface area contributed by atoms with Gasteiger partial charge in [0, 0.05) is 0 Å². The minimum atomic E-state index is -5.94. The zero-order valence-corrected chi connectivity index (χ0v) is 10.9. The standard InChI is InChI=1S/C7F9O6Si/c8-4(9,10)1(17)20-7(23,21-2(18)5(11,12)13)22-3(19)6(14,15)16. The number of esters is 3. The van der Waals surface area contributed by atoms with Gasteiger partial charge >= 0.3 is 42.0 Å². The number of hydrogen-bond donors (Lipinski definition) is 0. The Morgan fingerprint density at radius 1 is 0.565 bits per heavy atom. The van der Waals surface area contributed by atoms with Crippen LogP contribution in [0, 0.1) is 0 Å². The summed E-state index contributed by atoms with van der Waals surface area (Å²) in [6, 6.07) is 0. The minimum absolute atomic E-state index is 1.50. The lowest BCUT2D eigenvalue weighted by molar-refractivity contribution is -0.320. The summed E-state index contributed by atoms with van der Waals surface area (Å²) in [4.78, 5) is 31.3. The van der Waals surface area contributed by atoms with E-state index in [0.29, 0.717) is 0 Å². The van der Waals surface area contributed by atoms with Crippen molar-refractivity contribution >= 4 is 28.2 Å². The molecule has 16 heteroatoms. The summed E-state index contributed by atoms with van der Waals surface area (Å²) in [7, 11) is 1.50. The quantitative estimate of drug-likeness (QED) is 0.316. The van der Waals surface area contributed by atoms with Crippen molar-refractivity contribution in [3.63, 3.8) is 0 Å². The summed E-state index contributed by atoms with van der Waals surface area (Å²) in [6.45, 7) is 0. The molecule has 6 nitrogen and oxygen atoms in total. The van der Waals surface area contributed by atoms with E-state index in [9.17, 15) is 53.9 Å². The molecule has 0 unspecified atom stereocenters. The molecule has 0 N–H and O–H groups in total. The van der Waals surface area contributed by atoms with E-state index in [1.165, 1.54) is 10.2 Å². The molecule has 0 aliphatic carbocycles. The molecule has 131 valence electrons. The Labute approximate surface area is 121 Å². The van der Waals surface area contributed by atoms with E-state index < -0.39 is 42.0 Å². The highest BCUT2D eigenvalue weighted by Gasteiger charge is 2.55. The summed E-state index contributed by atoms with van der Waals surface area (Å²) >= 11 is 0.